The molecule has 2 rings (SSSR count). The van der Waals surface area contributed by atoms with Gasteiger partial charge in [0.2, 0.25) is 0 Å². The Morgan fingerprint density at radius 3 is 2.35 bits per heavy atom. The minimum absolute atomic E-state index is 0.0302. The second kappa shape index (κ2) is 5.23. The Hall–Kier alpha value is -0.170. The zero-order valence-corrected chi connectivity index (χ0v) is 13.9. The van der Waals surface area contributed by atoms with E-state index in [-0.39, 0.29) is 28.9 Å². The molecule has 20 heavy (non-hydrogen) atoms. The first-order valence-corrected chi connectivity index (χ1v) is 9.24. The van der Waals surface area contributed by atoms with Crippen molar-refractivity contribution in [3.05, 3.63) is 0 Å². The predicted octanol–water partition coefficient (Wildman–Crippen LogP) is 0.638. The third-order valence-corrected chi connectivity index (χ3v) is 6.47. The number of hydrogen-bond donors (Lipinski definition) is 1. The number of sulfone groups is 1. The normalized spacial score (nSPS) is 36.6. The maximum atomic E-state index is 11.7. The summed E-state index contributed by atoms with van der Waals surface area (Å²) in [6, 6.07) is -0.0302. The van der Waals surface area contributed by atoms with Crippen molar-refractivity contribution in [2.24, 2.45) is 11.7 Å². The maximum Gasteiger partial charge on any atom is 0.151 e. The van der Waals surface area contributed by atoms with Crippen LogP contribution in [0.25, 0.3) is 0 Å². The van der Waals surface area contributed by atoms with Crippen LogP contribution in [0.1, 0.15) is 34.1 Å². The summed E-state index contributed by atoms with van der Waals surface area (Å²) in [5, 5.41) is 0. The molecule has 0 aromatic rings. The van der Waals surface area contributed by atoms with Gasteiger partial charge in [0, 0.05) is 25.0 Å². The van der Waals surface area contributed by atoms with Crippen LogP contribution in [0.4, 0.5) is 0 Å². The van der Waals surface area contributed by atoms with Crippen molar-refractivity contribution in [1.29, 1.82) is 0 Å². The van der Waals surface area contributed by atoms with Crippen LogP contribution >= 0.6 is 0 Å². The third kappa shape index (κ3) is 3.35. The van der Waals surface area contributed by atoms with Crippen molar-refractivity contribution in [3.8, 4) is 0 Å². The monoisotopic (exact) mass is 304 g/mol. The SMILES string of the molecule is CC1(C)OC(C)(C)C(CN2CCCS(=O)(=O)CC2)C1N. The van der Waals surface area contributed by atoms with Gasteiger partial charge in [-0.05, 0) is 40.7 Å². The molecule has 0 aromatic heterocycles. The minimum Gasteiger partial charge on any atom is -0.368 e. The molecule has 0 aliphatic carbocycles. The van der Waals surface area contributed by atoms with Crippen LogP contribution in [0.5, 0.6) is 0 Å². The van der Waals surface area contributed by atoms with Crippen LogP contribution < -0.4 is 5.73 Å². The summed E-state index contributed by atoms with van der Waals surface area (Å²) in [4.78, 5) is 2.24. The summed E-state index contributed by atoms with van der Waals surface area (Å²) >= 11 is 0. The lowest BCUT2D eigenvalue weighted by atomic mass is 9.82. The Labute approximate surface area is 122 Å². The van der Waals surface area contributed by atoms with Crippen LogP contribution in [-0.4, -0.2) is 61.7 Å². The summed E-state index contributed by atoms with van der Waals surface area (Å²) in [6.45, 7) is 10.5. The van der Waals surface area contributed by atoms with Crippen molar-refractivity contribution in [2.45, 2.75) is 51.4 Å². The highest BCUT2D eigenvalue weighted by Crippen LogP contribution is 2.41. The van der Waals surface area contributed by atoms with Crippen LogP contribution in [0.2, 0.25) is 0 Å². The highest BCUT2D eigenvalue weighted by molar-refractivity contribution is 7.91. The third-order valence-electron chi connectivity index (χ3n) is 4.76. The van der Waals surface area contributed by atoms with Crippen molar-refractivity contribution in [2.75, 3.05) is 31.1 Å². The highest BCUT2D eigenvalue weighted by atomic mass is 32.2. The predicted molar refractivity (Wildman–Crippen MR) is 80.4 cm³/mol. The van der Waals surface area contributed by atoms with Gasteiger partial charge in [-0.25, -0.2) is 8.42 Å². The van der Waals surface area contributed by atoms with Gasteiger partial charge in [-0.3, -0.25) is 0 Å². The quantitative estimate of drug-likeness (QED) is 0.810. The van der Waals surface area contributed by atoms with Crippen LogP contribution in [0.3, 0.4) is 0 Å². The standard InChI is InChI=1S/C14H28N2O3S/c1-13(2)11(12(15)14(3,4)19-13)10-16-6-5-8-20(17,18)9-7-16/h11-12H,5-10,15H2,1-4H3. The smallest absolute Gasteiger partial charge is 0.151 e. The largest absolute Gasteiger partial charge is 0.368 e. The van der Waals surface area contributed by atoms with Gasteiger partial charge in [-0.2, -0.15) is 0 Å². The fourth-order valence-corrected chi connectivity index (χ4v) is 4.83. The van der Waals surface area contributed by atoms with Gasteiger partial charge in [0.05, 0.1) is 22.7 Å². The molecule has 0 saturated carbocycles. The second-order valence-corrected chi connectivity index (χ2v) is 9.55. The molecule has 0 aromatic carbocycles. The molecule has 6 heteroatoms. The zero-order chi connectivity index (χ0) is 15.2. The Morgan fingerprint density at radius 2 is 1.80 bits per heavy atom. The van der Waals surface area contributed by atoms with E-state index in [0.717, 1.165) is 19.5 Å². The molecule has 2 heterocycles. The van der Waals surface area contributed by atoms with Gasteiger partial charge in [0.15, 0.2) is 9.84 Å². The first-order chi connectivity index (χ1) is 9.04. The molecule has 0 amide bonds. The topological polar surface area (TPSA) is 72.6 Å². The summed E-state index contributed by atoms with van der Waals surface area (Å²) in [6.07, 6.45) is 0.717. The number of nitrogens with two attached hydrogens (primary N) is 1. The fourth-order valence-electron chi connectivity index (χ4n) is 3.52. The Bertz CT molecular complexity index is 459. The lowest BCUT2D eigenvalue weighted by molar-refractivity contribution is -0.0783. The van der Waals surface area contributed by atoms with Crippen molar-refractivity contribution < 1.29 is 13.2 Å². The molecule has 118 valence electrons. The number of hydrogen-bond acceptors (Lipinski definition) is 5. The van der Waals surface area contributed by atoms with E-state index in [2.05, 4.69) is 18.7 Å². The summed E-state index contributed by atoms with van der Waals surface area (Å²) in [7, 11) is -2.86. The lowest BCUT2D eigenvalue weighted by Crippen LogP contribution is -2.48. The molecule has 2 N–H and O–H groups in total. The molecule has 2 fully saturated rings. The number of nitrogens with zero attached hydrogens (tertiary/aromatic N) is 1. The van der Waals surface area contributed by atoms with E-state index < -0.39 is 9.84 Å². The van der Waals surface area contributed by atoms with Crippen LogP contribution in [0.15, 0.2) is 0 Å². The van der Waals surface area contributed by atoms with E-state index in [1.54, 1.807) is 0 Å². The van der Waals surface area contributed by atoms with Gasteiger partial charge < -0.3 is 15.4 Å². The van der Waals surface area contributed by atoms with E-state index in [1.807, 2.05) is 13.8 Å². The molecule has 2 unspecified atom stereocenters. The molecular formula is C14H28N2O3S. The molecular weight excluding hydrogens is 276 g/mol. The molecule has 0 bridgehead atoms. The molecule has 2 saturated heterocycles. The highest BCUT2D eigenvalue weighted by Gasteiger charge is 2.52. The Morgan fingerprint density at radius 1 is 1.15 bits per heavy atom. The average molecular weight is 304 g/mol. The van der Waals surface area contributed by atoms with Gasteiger partial charge in [-0.1, -0.05) is 0 Å². The van der Waals surface area contributed by atoms with Crippen LogP contribution in [0, 0.1) is 5.92 Å². The summed E-state index contributed by atoms with van der Waals surface area (Å²) < 4.78 is 29.4. The molecule has 2 atom stereocenters. The lowest BCUT2D eigenvalue weighted by Gasteiger charge is -2.32. The second-order valence-electron chi connectivity index (χ2n) is 7.25. The van der Waals surface area contributed by atoms with Crippen LogP contribution in [-0.2, 0) is 14.6 Å². The minimum atomic E-state index is -2.86. The number of rotatable bonds is 2. The van der Waals surface area contributed by atoms with Crippen molar-refractivity contribution in [3.63, 3.8) is 0 Å². The van der Waals surface area contributed by atoms with Gasteiger partial charge in [0.25, 0.3) is 0 Å². The molecule has 2 aliphatic rings. The fraction of sp³-hybridized carbons (Fsp3) is 1.00. The van der Waals surface area contributed by atoms with Gasteiger partial charge in [0.1, 0.15) is 0 Å². The van der Waals surface area contributed by atoms with E-state index >= 15 is 0 Å². The Kier molecular flexibility index (Phi) is 4.24. The van der Waals surface area contributed by atoms with Gasteiger partial charge >= 0.3 is 0 Å². The average Bonchev–Trinajstić information content (AvgIpc) is 2.41. The van der Waals surface area contributed by atoms with E-state index in [1.165, 1.54) is 0 Å². The Balaban J connectivity index is 2.06. The van der Waals surface area contributed by atoms with Crippen molar-refractivity contribution >= 4 is 9.84 Å². The van der Waals surface area contributed by atoms with Gasteiger partial charge in [-0.15, -0.1) is 0 Å². The van der Waals surface area contributed by atoms with E-state index in [9.17, 15) is 8.42 Å². The molecule has 0 radical (unpaired) electrons. The molecule has 0 spiro atoms. The summed E-state index contributed by atoms with van der Waals surface area (Å²) in [5.74, 6) is 0.795. The van der Waals surface area contributed by atoms with E-state index in [0.29, 0.717) is 12.3 Å². The molecule has 5 nitrogen and oxygen atoms in total. The summed E-state index contributed by atoms with van der Waals surface area (Å²) in [5.41, 5.74) is 5.77. The first-order valence-electron chi connectivity index (χ1n) is 7.42. The number of ether oxygens (including phenoxy) is 1. The van der Waals surface area contributed by atoms with Crippen molar-refractivity contribution in [1.82, 2.24) is 4.90 Å². The molecule has 2 aliphatic heterocycles. The maximum absolute atomic E-state index is 11.7. The first kappa shape index (κ1) is 16.2. The zero-order valence-electron chi connectivity index (χ0n) is 13.1. The van der Waals surface area contributed by atoms with E-state index in [4.69, 9.17) is 10.5 Å².